The molecule has 0 aromatic carbocycles. The summed E-state index contributed by atoms with van der Waals surface area (Å²) in [6.07, 6.45) is 0.403. The summed E-state index contributed by atoms with van der Waals surface area (Å²) in [6, 6.07) is -1.73. The first-order valence-electron chi connectivity index (χ1n) is 6.33. The molecule has 0 aliphatic carbocycles. The van der Waals surface area contributed by atoms with E-state index < -0.39 is 30.5 Å². The summed E-state index contributed by atoms with van der Waals surface area (Å²) in [5, 5.41) is 11.3. The van der Waals surface area contributed by atoms with Crippen molar-refractivity contribution in [1.29, 1.82) is 0 Å². The van der Waals surface area contributed by atoms with Gasteiger partial charge in [-0.15, -0.1) is 0 Å². The van der Waals surface area contributed by atoms with Crippen LogP contribution in [0.3, 0.4) is 0 Å². The predicted octanol–water partition coefficient (Wildman–Crippen LogP) is -0.362. The Hall–Kier alpha value is -2.12. The first kappa shape index (κ1) is 15.9. The Morgan fingerprint density at radius 2 is 2.05 bits per heavy atom. The highest BCUT2D eigenvalue weighted by atomic mass is 16.4. The fraction of sp³-hybridized carbons (Fsp3) is 0.667. The molecule has 0 bridgehead atoms. The summed E-state index contributed by atoms with van der Waals surface area (Å²) in [4.78, 5) is 48.0. The van der Waals surface area contributed by atoms with Crippen LogP contribution < -0.4 is 5.32 Å². The van der Waals surface area contributed by atoms with E-state index in [9.17, 15) is 19.2 Å². The first-order valence-corrected chi connectivity index (χ1v) is 6.33. The zero-order valence-corrected chi connectivity index (χ0v) is 11.8. The van der Waals surface area contributed by atoms with Gasteiger partial charge in [0, 0.05) is 19.5 Å². The Labute approximate surface area is 116 Å². The maximum Gasteiger partial charge on any atom is 0.323 e. The van der Waals surface area contributed by atoms with Crippen LogP contribution >= 0.6 is 0 Å². The number of carbonyl (C=O) groups is 4. The molecule has 0 aromatic rings. The van der Waals surface area contributed by atoms with Crippen LogP contribution in [0.4, 0.5) is 4.79 Å². The zero-order chi connectivity index (χ0) is 15.4. The molecule has 0 aromatic heterocycles. The number of amides is 4. The molecule has 1 unspecified atom stereocenters. The van der Waals surface area contributed by atoms with Crippen LogP contribution in [0, 0.1) is 0 Å². The molecule has 1 atom stereocenters. The van der Waals surface area contributed by atoms with Crippen molar-refractivity contribution in [3.8, 4) is 0 Å². The summed E-state index contributed by atoms with van der Waals surface area (Å²) in [6.45, 7) is 2.92. The maximum atomic E-state index is 12.0. The van der Waals surface area contributed by atoms with Crippen molar-refractivity contribution >= 4 is 23.8 Å². The monoisotopic (exact) mass is 285 g/mol. The van der Waals surface area contributed by atoms with Crippen LogP contribution in [0.1, 0.15) is 26.7 Å². The zero-order valence-electron chi connectivity index (χ0n) is 11.8. The summed E-state index contributed by atoms with van der Waals surface area (Å²) in [5.74, 6) is -1.89. The number of urea groups is 1. The molecule has 0 radical (unpaired) electrons. The molecule has 1 aliphatic rings. The van der Waals surface area contributed by atoms with Crippen molar-refractivity contribution < 1.29 is 24.3 Å². The fourth-order valence-corrected chi connectivity index (χ4v) is 1.92. The van der Waals surface area contributed by atoms with Crippen molar-refractivity contribution in [1.82, 2.24) is 15.1 Å². The van der Waals surface area contributed by atoms with Crippen molar-refractivity contribution in [3.63, 3.8) is 0 Å². The van der Waals surface area contributed by atoms with E-state index in [0.29, 0.717) is 0 Å². The number of likely N-dealkylation sites (tertiary alicyclic amines) is 1. The van der Waals surface area contributed by atoms with Gasteiger partial charge in [-0.3, -0.25) is 19.3 Å². The van der Waals surface area contributed by atoms with E-state index in [-0.39, 0.29) is 24.8 Å². The standard InChI is InChI=1S/C12H19N3O5/c1-7(2)15(6-10(17)18)12(20)13-8-4-5-9(16)14(3)11(8)19/h7-8H,4-6H2,1-3H3,(H,13,20)(H,17,18). The minimum absolute atomic E-state index is 0.174. The summed E-state index contributed by atoms with van der Waals surface area (Å²) < 4.78 is 0. The second-order valence-corrected chi connectivity index (χ2v) is 4.95. The molecule has 112 valence electrons. The topological polar surface area (TPSA) is 107 Å². The van der Waals surface area contributed by atoms with E-state index in [1.165, 1.54) is 7.05 Å². The van der Waals surface area contributed by atoms with Gasteiger partial charge in [0.1, 0.15) is 12.6 Å². The van der Waals surface area contributed by atoms with E-state index in [4.69, 9.17) is 5.11 Å². The van der Waals surface area contributed by atoms with Gasteiger partial charge in [0.05, 0.1) is 0 Å². The van der Waals surface area contributed by atoms with Crippen LogP contribution in [0.15, 0.2) is 0 Å². The number of carboxylic acid groups (broad SMARTS) is 1. The van der Waals surface area contributed by atoms with Crippen LogP contribution in [-0.2, 0) is 14.4 Å². The number of carbonyl (C=O) groups excluding carboxylic acids is 3. The minimum atomic E-state index is -1.13. The second-order valence-electron chi connectivity index (χ2n) is 4.95. The predicted molar refractivity (Wildman–Crippen MR) is 68.8 cm³/mol. The Kier molecular flexibility index (Phi) is 5.06. The maximum absolute atomic E-state index is 12.0. The molecular formula is C12H19N3O5. The molecule has 4 amide bonds. The molecule has 1 saturated heterocycles. The number of hydrogen-bond donors (Lipinski definition) is 2. The van der Waals surface area contributed by atoms with Crippen molar-refractivity contribution in [2.45, 2.75) is 38.8 Å². The van der Waals surface area contributed by atoms with Crippen molar-refractivity contribution in [3.05, 3.63) is 0 Å². The molecule has 8 nitrogen and oxygen atoms in total. The number of hydrogen-bond acceptors (Lipinski definition) is 4. The number of carboxylic acids is 1. The van der Waals surface area contributed by atoms with Crippen LogP contribution in [0.25, 0.3) is 0 Å². The number of rotatable bonds is 4. The van der Waals surface area contributed by atoms with E-state index >= 15 is 0 Å². The quantitative estimate of drug-likeness (QED) is 0.686. The average molecular weight is 285 g/mol. The van der Waals surface area contributed by atoms with Gasteiger partial charge in [-0.2, -0.15) is 0 Å². The number of likely N-dealkylation sites (N-methyl/N-ethyl adjacent to an activating group) is 1. The normalized spacial score (nSPS) is 19.2. The van der Waals surface area contributed by atoms with Gasteiger partial charge in [-0.05, 0) is 20.3 Å². The van der Waals surface area contributed by atoms with Crippen molar-refractivity contribution in [2.75, 3.05) is 13.6 Å². The summed E-state index contributed by atoms with van der Waals surface area (Å²) in [7, 11) is 1.36. The molecule has 1 heterocycles. The van der Waals surface area contributed by atoms with Gasteiger partial charge in [-0.1, -0.05) is 0 Å². The van der Waals surface area contributed by atoms with E-state index in [0.717, 1.165) is 9.80 Å². The summed E-state index contributed by atoms with van der Waals surface area (Å²) >= 11 is 0. The molecule has 20 heavy (non-hydrogen) atoms. The summed E-state index contributed by atoms with van der Waals surface area (Å²) in [5.41, 5.74) is 0. The first-order chi connectivity index (χ1) is 9.23. The second kappa shape index (κ2) is 6.36. The van der Waals surface area contributed by atoms with Crippen molar-refractivity contribution in [2.24, 2.45) is 0 Å². The Bertz CT molecular complexity index is 435. The smallest absolute Gasteiger partial charge is 0.323 e. The molecule has 1 fully saturated rings. The van der Waals surface area contributed by atoms with E-state index in [2.05, 4.69) is 5.32 Å². The minimum Gasteiger partial charge on any atom is -0.480 e. The third-order valence-electron chi connectivity index (χ3n) is 3.14. The van der Waals surface area contributed by atoms with Gasteiger partial charge in [0.15, 0.2) is 0 Å². The Morgan fingerprint density at radius 3 is 2.55 bits per heavy atom. The van der Waals surface area contributed by atoms with E-state index in [1.54, 1.807) is 13.8 Å². The van der Waals surface area contributed by atoms with Crippen LogP contribution in [-0.4, -0.2) is 64.4 Å². The number of piperidine rings is 1. The SMILES string of the molecule is CC(C)N(CC(=O)O)C(=O)NC1CCC(=O)N(C)C1=O. The third kappa shape index (κ3) is 3.69. The highest BCUT2D eigenvalue weighted by Gasteiger charge is 2.34. The third-order valence-corrected chi connectivity index (χ3v) is 3.14. The lowest BCUT2D eigenvalue weighted by Gasteiger charge is -2.31. The Balaban J connectivity index is 2.71. The highest BCUT2D eigenvalue weighted by molar-refractivity contribution is 6.01. The fourth-order valence-electron chi connectivity index (χ4n) is 1.92. The van der Waals surface area contributed by atoms with Gasteiger partial charge in [0.25, 0.3) is 5.91 Å². The molecule has 0 spiro atoms. The molecule has 1 rings (SSSR count). The van der Waals surface area contributed by atoms with Crippen LogP contribution in [0.2, 0.25) is 0 Å². The largest absolute Gasteiger partial charge is 0.480 e. The van der Waals surface area contributed by atoms with E-state index in [1.807, 2.05) is 0 Å². The highest BCUT2D eigenvalue weighted by Crippen LogP contribution is 2.12. The Morgan fingerprint density at radius 1 is 1.45 bits per heavy atom. The molecule has 1 aliphatic heterocycles. The lowest BCUT2D eigenvalue weighted by molar-refractivity contribution is -0.147. The number of nitrogens with one attached hydrogen (secondary N) is 1. The van der Waals surface area contributed by atoms with Gasteiger partial charge in [0.2, 0.25) is 5.91 Å². The number of nitrogens with zero attached hydrogens (tertiary/aromatic N) is 2. The lowest BCUT2D eigenvalue weighted by Crippen LogP contribution is -2.56. The number of imide groups is 1. The number of aliphatic carboxylic acids is 1. The van der Waals surface area contributed by atoms with Gasteiger partial charge >= 0.3 is 12.0 Å². The molecule has 0 saturated carbocycles. The average Bonchev–Trinajstić information content (AvgIpc) is 2.36. The molecular weight excluding hydrogens is 266 g/mol. The lowest BCUT2D eigenvalue weighted by atomic mass is 10.1. The molecule has 2 N–H and O–H groups in total. The van der Waals surface area contributed by atoms with Gasteiger partial charge < -0.3 is 15.3 Å². The van der Waals surface area contributed by atoms with Gasteiger partial charge in [-0.25, -0.2) is 4.79 Å². The van der Waals surface area contributed by atoms with Crippen LogP contribution in [0.5, 0.6) is 0 Å². The molecule has 8 heteroatoms.